The minimum absolute atomic E-state index is 0.388. The van der Waals surface area contributed by atoms with Gasteiger partial charge in [0, 0.05) is 0 Å². The van der Waals surface area contributed by atoms with Crippen LogP contribution in [0.2, 0.25) is 0 Å². The number of sulfonamides is 1. The van der Waals surface area contributed by atoms with Crippen molar-refractivity contribution in [2.75, 3.05) is 6.26 Å². The van der Waals surface area contributed by atoms with Gasteiger partial charge < -0.3 is 0 Å². The second kappa shape index (κ2) is 7.88. The molecule has 0 heterocycles. The van der Waals surface area contributed by atoms with Crippen molar-refractivity contribution in [1.82, 2.24) is 0 Å². The number of nitrogens with zero attached hydrogens (tertiary/aromatic N) is 1. The zero-order valence-electron chi connectivity index (χ0n) is 14.1. The fraction of sp³-hybridized carbons (Fsp3) is 0.150. The van der Waals surface area contributed by atoms with Crippen LogP contribution in [0.25, 0.3) is 12.2 Å². The summed E-state index contributed by atoms with van der Waals surface area (Å²) >= 11 is 0. The summed E-state index contributed by atoms with van der Waals surface area (Å²) in [5, 5.41) is 0. The molecule has 0 aliphatic rings. The van der Waals surface area contributed by atoms with Crippen molar-refractivity contribution in [2.24, 2.45) is 4.40 Å². The van der Waals surface area contributed by atoms with E-state index in [-0.39, 0.29) is 0 Å². The van der Waals surface area contributed by atoms with Gasteiger partial charge in [0.15, 0.2) is 0 Å². The Kier molecular flexibility index (Phi) is 5.88. The van der Waals surface area contributed by atoms with Crippen molar-refractivity contribution in [2.45, 2.75) is 13.8 Å². The largest absolute Gasteiger partial charge is 0.250 e. The molecule has 0 radical (unpaired) electrons. The van der Waals surface area contributed by atoms with Crippen LogP contribution in [-0.4, -0.2) is 20.4 Å². The van der Waals surface area contributed by atoms with Crippen LogP contribution >= 0.6 is 0 Å². The molecule has 0 spiro atoms. The van der Waals surface area contributed by atoms with Crippen LogP contribution in [0.15, 0.2) is 65.1 Å². The molecule has 0 N–H and O–H groups in total. The third-order valence-corrected chi connectivity index (χ3v) is 3.86. The summed E-state index contributed by atoms with van der Waals surface area (Å²) in [6.45, 7) is 4.04. The molecule has 0 atom stereocenters. The second-order valence-corrected chi connectivity index (χ2v) is 7.39. The molecule has 0 aliphatic heterocycles. The second-order valence-electron chi connectivity index (χ2n) is 5.74. The summed E-state index contributed by atoms with van der Waals surface area (Å²) in [6, 6.07) is 16.0. The van der Waals surface area contributed by atoms with Gasteiger partial charge in [0.1, 0.15) is 0 Å². The van der Waals surface area contributed by atoms with Gasteiger partial charge in [-0.05, 0) is 37.1 Å². The number of benzene rings is 2. The number of hydrogen-bond donors (Lipinski definition) is 0. The van der Waals surface area contributed by atoms with E-state index in [9.17, 15) is 8.42 Å². The Hall–Kier alpha value is -2.46. The fourth-order valence-corrected chi connectivity index (χ4v) is 2.53. The maximum absolute atomic E-state index is 11.5. The third kappa shape index (κ3) is 6.34. The lowest BCUT2D eigenvalue weighted by molar-refractivity contribution is 0.604. The van der Waals surface area contributed by atoms with E-state index in [1.807, 2.05) is 74.5 Å². The summed E-state index contributed by atoms with van der Waals surface area (Å²) < 4.78 is 26.8. The molecule has 124 valence electrons. The van der Waals surface area contributed by atoms with Gasteiger partial charge in [-0.1, -0.05) is 71.8 Å². The third-order valence-electron chi connectivity index (χ3n) is 3.32. The van der Waals surface area contributed by atoms with Crippen molar-refractivity contribution in [3.8, 4) is 0 Å². The highest BCUT2D eigenvalue weighted by molar-refractivity contribution is 7.89. The minimum Gasteiger partial charge on any atom is -0.205 e. The summed E-state index contributed by atoms with van der Waals surface area (Å²) in [5.74, 6) is 0. The molecule has 0 bridgehead atoms. The lowest BCUT2D eigenvalue weighted by Crippen LogP contribution is -1.97. The van der Waals surface area contributed by atoms with Crippen LogP contribution in [0.3, 0.4) is 0 Å². The summed E-state index contributed by atoms with van der Waals surface area (Å²) in [6.07, 6.45) is 8.20. The van der Waals surface area contributed by atoms with Gasteiger partial charge >= 0.3 is 0 Å². The molecular formula is C20H21NO2S. The van der Waals surface area contributed by atoms with Gasteiger partial charge in [0.05, 0.1) is 12.0 Å². The first-order chi connectivity index (χ1) is 11.3. The van der Waals surface area contributed by atoms with E-state index >= 15 is 0 Å². The highest BCUT2D eigenvalue weighted by atomic mass is 32.2. The molecule has 0 fully saturated rings. The van der Waals surface area contributed by atoms with E-state index < -0.39 is 10.0 Å². The van der Waals surface area contributed by atoms with Crippen molar-refractivity contribution in [3.63, 3.8) is 0 Å². The highest BCUT2D eigenvalue weighted by Gasteiger charge is 1.99. The first kappa shape index (κ1) is 17.9. The smallest absolute Gasteiger partial charge is 0.205 e. The number of hydrogen-bond acceptors (Lipinski definition) is 2. The Balaban J connectivity index is 2.26. The lowest BCUT2D eigenvalue weighted by atomic mass is 10.1. The van der Waals surface area contributed by atoms with Crippen molar-refractivity contribution in [1.29, 1.82) is 0 Å². The van der Waals surface area contributed by atoms with E-state index in [1.165, 1.54) is 11.1 Å². The first-order valence-electron chi connectivity index (χ1n) is 7.61. The molecule has 24 heavy (non-hydrogen) atoms. The van der Waals surface area contributed by atoms with Gasteiger partial charge in [0.2, 0.25) is 0 Å². The predicted octanol–water partition coefficient (Wildman–Crippen LogP) is 4.43. The standard InChI is InChI=1S/C20H21NO2S/c1-16-4-8-18(9-5-16)12-14-20(21-24(3,22)23)15-13-19-10-6-17(2)7-11-19/h4-15H,1-3H3/b14-12+,15-13+. The van der Waals surface area contributed by atoms with E-state index in [0.29, 0.717) is 5.71 Å². The van der Waals surface area contributed by atoms with Gasteiger partial charge in [-0.15, -0.1) is 0 Å². The molecule has 0 saturated carbocycles. The zero-order valence-corrected chi connectivity index (χ0v) is 14.9. The Morgan fingerprint density at radius 2 is 1.17 bits per heavy atom. The van der Waals surface area contributed by atoms with Crippen LogP contribution in [0, 0.1) is 13.8 Å². The molecule has 0 saturated heterocycles. The lowest BCUT2D eigenvalue weighted by Gasteiger charge is -1.98. The van der Waals surface area contributed by atoms with Gasteiger partial charge in [-0.25, -0.2) is 8.42 Å². The molecule has 3 nitrogen and oxygen atoms in total. The van der Waals surface area contributed by atoms with Crippen LogP contribution in [-0.2, 0) is 10.0 Å². The molecule has 2 aromatic rings. The molecular weight excluding hydrogens is 318 g/mol. The molecule has 0 unspecified atom stereocenters. The Morgan fingerprint density at radius 1 is 0.792 bits per heavy atom. The van der Waals surface area contributed by atoms with Crippen LogP contribution in [0.1, 0.15) is 22.3 Å². The number of allylic oxidation sites excluding steroid dienone is 2. The van der Waals surface area contributed by atoms with Crippen molar-refractivity contribution in [3.05, 3.63) is 82.9 Å². The molecule has 0 aliphatic carbocycles. The van der Waals surface area contributed by atoms with Crippen molar-refractivity contribution < 1.29 is 8.42 Å². The van der Waals surface area contributed by atoms with E-state index in [1.54, 1.807) is 12.2 Å². The summed E-state index contributed by atoms with van der Waals surface area (Å²) in [7, 11) is -3.46. The molecule has 0 aromatic heterocycles. The maximum Gasteiger partial charge on any atom is 0.250 e. The Labute approximate surface area is 144 Å². The summed E-state index contributed by atoms with van der Waals surface area (Å²) in [5.41, 5.74) is 4.72. The monoisotopic (exact) mass is 339 g/mol. The molecule has 0 amide bonds. The SMILES string of the molecule is Cc1ccc(/C=C/C(/C=C/c2ccc(C)cc2)=NS(C)(=O)=O)cc1. The van der Waals surface area contributed by atoms with Gasteiger partial charge in [-0.3, -0.25) is 0 Å². The molecule has 2 rings (SSSR count). The highest BCUT2D eigenvalue weighted by Crippen LogP contribution is 2.08. The first-order valence-corrected chi connectivity index (χ1v) is 9.46. The van der Waals surface area contributed by atoms with Gasteiger partial charge in [-0.2, -0.15) is 4.40 Å². The quantitative estimate of drug-likeness (QED) is 0.757. The van der Waals surface area contributed by atoms with Crippen LogP contribution in [0.5, 0.6) is 0 Å². The summed E-state index contributed by atoms with van der Waals surface area (Å²) in [4.78, 5) is 0. The maximum atomic E-state index is 11.5. The van der Waals surface area contributed by atoms with E-state index in [2.05, 4.69) is 4.40 Å². The van der Waals surface area contributed by atoms with E-state index in [4.69, 9.17) is 0 Å². The predicted molar refractivity (Wildman–Crippen MR) is 103 cm³/mol. The van der Waals surface area contributed by atoms with Crippen LogP contribution < -0.4 is 0 Å². The average molecular weight is 339 g/mol. The van der Waals surface area contributed by atoms with Gasteiger partial charge in [0.25, 0.3) is 10.0 Å². The normalized spacial score (nSPS) is 12.0. The fourth-order valence-electron chi connectivity index (χ4n) is 2.03. The Morgan fingerprint density at radius 3 is 1.50 bits per heavy atom. The van der Waals surface area contributed by atoms with E-state index in [0.717, 1.165) is 17.4 Å². The van der Waals surface area contributed by atoms with Crippen LogP contribution in [0.4, 0.5) is 0 Å². The van der Waals surface area contributed by atoms with Crippen molar-refractivity contribution >= 4 is 27.9 Å². The zero-order chi connectivity index (χ0) is 17.6. The molecule has 4 heteroatoms. The Bertz CT molecular complexity index is 815. The number of rotatable bonds is 5. The average Bonchev–Trinajstić information content (AvgIpc) is 2.52. The molecule has 2 aromatic carbocycles. The minimum atomic E-state index is -3.46. The topological polar surface area (TPSA) is 46.5 Å². The number of aryl methyl sites for hydroxylation is 2.